The Hall–Kier alpha value is -2.52. The van der Waals surface area contributed by atoms with Crippen LogP contribution in [-0.2, 0) is 0 Å². The van der Waals surface area contributed by atoms with Gasteiger partial charge in [-0.3, -0.25) is 4.79 Å². The van der Waals surface area contributed by atoms with Gasteiger partial charge in [0.25, 0.3) is 5.56 Å². The standard InChI is InChI=1S/C17H12ClNO2/c18-15-10-12(11-19-17(15)20)14-8-4-5-9-16(14)21-13-6-2-1-3-7-13/h1-11H,(H,19,20). The quantitative estimate of drug-likeness (QED) is 0.774. The van der Waals surface area contributed by atoms with Gasteiger partial charge in [-0.1, -0.05) is 48.0 Å². The van der Waals surface area contributed by atoms with Crippen LogP contribution < -0.4 is 10.3 Å². The Morgan fingerprint density at radius 2 is 1.67 bits per heavy atom. The van der Waals surface area contributed by atoms with E-state index >= 15 is 0 Å². The van der Waals surface area contributed by atoms with Crippen LogP contribution in [0.2, 0.25) is 5.02 Å². The molecule has 1 N–H and O–H groups in total. The molecule has 0 aliphatic heterocycles. The third-order valence-electron chi connectivity index (χ3n) is 3.03. The van der Waals surface area contributed by atoms with Crippen molar-refractivity contribution >= 4 is 11.6 Å². The Kier molecular flexibility index (Phi) is 3.75. The number of pyridine rings is 1. The summed E-state index contributed by atoms with van der Waals surface area (Å²) in [6.07, 6.45) is 1.63. The van der Waals surface area contributed by atoms with Crippen molar-refractivity contribution < 1.29 is 4.74 Å². The lowest BCUT2D eigenvalue weighted by atomic mass is 10.1. The van der Waals surface area contributed by atoms with Gasteiger partial charge in [-0.15, -0.1) is 0 Å². The molecule has 1 aromatic heterocycles. The predicted molar refractivity (Wildman–Crippen MR) is 84.0 cm³/mol. The van der Waals surface area contributed by atoms with Crippen LogP contribution in [0.3, 0.4) is 0 Å². The summed E-state index contributed by atoms with van der Waals surface area (Å²) in [6.45, 7) is 0. The van der Waals surface area contributed by atoms with E-state index in [-0.39, 0.29) is 10.6 Å². The fourth-order valence-corrected chi connectivity index (χ4v) is 2.19. The molecule has 0 aliphatic rings. The molecule has 0 radical (unpaired) electrons. The second-order valence-electron chi connectivity index (χ2n) is 4.48. The lowest BCUT2D eigenvalue weighted by molar-refractivity contribution is 0.484. The van der Waals surface area contributed by atoms with Crippen LogP contribution >= 0.6 is 11.6 Å². The maximum Gasteiger partial charge on any atom is 0.266 e. The topological polar surface area (TPSA) is 42.1 Å². The minimum atomic E-state index is -0.304. The van der Waals surface area contributed by atoms with E-state index in [2.05, 4.69) is 4.98 Å². The first-order valence-corrected chi connectivity index (χ1v) is 6.82. The molecule has 0 saturated heterocycles. The van der Waals surface area contributed by atoms with Gasteiger partial charge in [-0.2, -0.15) is 0 Å². The summed E-state index contributed by atoms with van der Waals surface area (Å²) in [6, 6.07) is 18.8. The summed E-state index contributed by atoms with van der Waals surface area (Å²) < 4.78 is 5.90. The number of benzene rings is 2. The summed E-state index contributed by atoms with van der Waals surface area (Å²) in [5, 5.41) is 0.155. The molecule has 0 spiro atoms. The molecule has 1 heterocycles. The van der Waals surface area contributed by atoms with E-state index in [0.717, 1.165) is 16.9 Å². The van der Waals surface area contributed by atoms with Crippen LogP contribution in [0.1, 0.15) is 0 Å². The molecule has 21 heavy (non-hydrogen) atoms. The van der Waals surface area contributed by atoms with E-state index in [1.54, 1.807) is 12.3 Å². The third-order valence-corrected chi connectivity index (χ3v) is 3.31. The summed E-state index contributed by atoms with van der Waals surface area (Å²) in [7, 11) is 0. The SMILES string of the molecule is O=c1[nH]cc(-c2ccccc2Oc2ccccc2)cc1Cl. The van der Waals surface area contributed by atoms with Crippen molar-refractivity contribution in [2.24, 2.45) is 0 Å². The number of hydrogen-bond donors (Lipinski definition) is 1. The number of aromatic nitrogens is 1. The molecule has 3 rings (SSSR count). The Morgan fingerprint density at radius 1 is 0.952 bits per heavy atom. The van der Waals surface area contributed by atoms with Gasteiger partial charge in [0.15, 0.2) is 0 Å². The number of H-pyrrole nitrogens is 1. The van der Waals surface area contributed by atoms with Gasteiger partial charge >= 0.3 is 0 Å². The molecule has 0 aliphatic carbocycles. The normalized spacial score (nSPS) is 10.3. The summed E-state index contributed by atoms with van der Waals surface area (Å²) in [5.74, 6) is 1.45. The second-order valence-corrected chi connectivity index (χ2v) is 4.88. The number of halogens is 1. The van der Waals surface area contributed by atoms with Gasteiger partial charge < -0.3 is 9.72 Å². The van der Waals surface area contributed by atoms with Crippen molar-refractivity contribution in [1.82, 2.24) is 4.98 Å². The average molecular weight is 298 g/mol. The summed E-state index contributed by atoms with van der Waals surface area (Å²) in [5.41, 5.74) is 1.35. The van der Waals surface area contributed by atoms with Crippen LogP contribution in [0.25, 0.3) is 11.1 Å². The first-order chi connectivity index (χ1) is 10.2. The van der Waals surface area contributed by atoms with Crippen LogP contribution in [0.15, 0.2) is 71.7 Å². The van der Waals surface area contributed by atoms with Crippen molar-refractivity contribution in [3.05, 3.63) is 82.2 Å². The van der Waals surface area contributed by atoms with Crippen molar-refractivity contribution in [3.8, 4) is 22.6 Å². The fourth-order valence-electron chi connectivity index (χ4n) is 2.02. The monoisotopic (exact) mass is 297 g/mol. The van der Waals surface area contributed by atoms with Gasteiger partial charge in [0.1, 0.15) is 16.5 Å². The highest BCUT2D eigenvalue weighted by Gasteiger charge is 2.08. The number of para-hydroxylation sites is 2. The van der Waals surface area contributed by atoms with Crippen molar-refractivity contribution in [3.63, 3.8) is 0 Å². The molecular weight excluding hydrogens is 286 g/mol. The minimum Gasteiger partial charge on any atom is -0.457 e. The summed E-state index contributed by atoms with van der Waals surface area (Å²) >= 11 is 5.89. The van der Waals surface area contributed by atoms with E-state index in [1.165, 1.54) is 0 Å². The third kappa shape index (κ3) is 2.98. The van der Waals surface area contributed by atoms with E-state index in [1.807, 2.05) is 54.6 Å². The molecule has 0 bridgehead atoms. The number of rotatable bonds is 3. The zero-order valence-corrected chi connectivity index (χ0v) is 11.8. The van der Waals surface area contributed by atoms with E-state index < -0.39 is 0 Å². The lowest BCUT2D eigenvalue weighted by Crippen LogP contribution is -2.04. The Labute approximate surface area is 126 Å². The maximum atomic E-state index is 11.4. The fraction of sp³-hybridized carbons (Fsp3) is 0. The van der Waals surface area contributed by atoms with Crippen LogP contribution in [0.4, 0.5) is 0 Å². The number of nitrogens with one attached hydrogen (secondary N) is 1. The molecule has 3 nitrogen and oxygen atoms in total. The lowest BCUT2D eigenvalue weighted by Gasteiger charge is -2.11. The van der Waals surface area contributed by atoms with E-state index in [0.29, 0.717) is 5.75 Å². The van der Waals surface area contributed by atoms with Gasteiger partial charge in [0, 0.05) is 17.3 Å². The zero-order valence-electron chi connectivity index (χ0n) is 11.0. The molecule has 104 valence electrons. The van der Waals surface area contributed by atoms with Crippen molar-refractivity contribution in [2.75, 3.05) is 0 Å². The molecule has 3 aromatic rings. The Balaban J connectivity index is 2.03. The van der Waals surface area contributed by atoms with Crippen LogP contribution in [-0.4, -0.2) is 4.98 Å². The molecular formula is C17H12ClNO2. The van der Waals surface area contributed by atoms with E-state index in [4.69, 9.17) is 16.3 Å². The molecule has 0 unspecified atom stereocenters. The molecule has 0 atom stereocenters. The molecule has 0 amide bonds. The highest BCUT2D eigenvalue weighted by atomic mass is 35.5. The van der Waals surface area contributed by atoms with Crippen molar-refractivity contribution in [2.45, 2.75) is 0 Å². The largest absolute Gasteiger partial charge is 0.457 e. The molecule has 2 aromatic carbocycles. The average Bonchev–Trinajstić information content (AvgIpc) is 2.52. The summed E-state index contributed by atoms with van der Waals surface area (Å²) in [4.78, 5) is 14.0. The predicted octanol–water partition coefficient (Wildman–Crippen LogP) is 4.49. The highest BCUT2D eigenvalue weighted by molar-refractivity contribution is 6.30. The first-order valence-electron chi connectivity index (χ1n) is 6.44. The van der Waals surface area contributed by atoms with Gasteiger partial charge in [0.05, 0.1) is 0 Å². The second kappa shape index (κ2) is 5.85. The minimum absolute atomic E-state index is 0.155. The van der Waals surface area contributed by atoms with Crippen molar-refractivity contribution in [1.29, 1.82) is 0 Å². The van der Waals surface area contributed by atoms with Gasteiger partial charge in [-0.25, -0.2) is 0 Å². The van der Waals surface area contributed by atoms with Crippen LogP contribution in [0, 0.1) is 0 Å². The smallest absolute Gasteiger partial charge is 0.266 e. The maximum absolute atomic E-state index is 11.4. The molecule has 0 fully saturated rings. The highest BCUT2D eigenvalue weighted by Crippen LogP contribution is 2.33. The van der Waals surface area contributed by atoms with Gasteiger partial charge in [-0.05, 0) is 24.3 Å². The number of hydrogen-bond acceptors (Lipinski definition) is 2. The first kappa shape index (κ1) is 13.5. The van der Waals surface area contributed by atoms with Crippen LogP contribution in [0.5, 0.6) is 11.5 Å². The van der Waals surface area contributed by atoms with E-state index in [9.17, 15) is 4.79 Å². The van der Waals surface area contributed by atoms with Gasteiger partial charge in [0.2, 0.25) is 0 Å². The Bertz CT molecular complexity index is 812. The molecule has 4 heteroatoms. The zero-order chi connectivity index (χ0) is 14.7. The molecule has 0 saturated carbocycles. The number of aromatic amines is 1. The number of ether oxygens (including phenoxy) is 1. The Morgan fingerprint density at radius 3 is 2.43 bits per heavy atom.